The molecule has 0 saturated carbocycles. The van der Waals surface area contributed by atoms with Crippen molar-refractivity contribution in [3.05, 3.63) is 87.9 Å². The third-order valence-electron chi connectivity index (χ3n) is 3.97. The van der Waals surface area contributed by atoms with Crippen LogP contribution in [0.1, 0.15) is 5.56 Å². The van der Waals surface area contributed by atoms with Crippen molar-refractivity contribution < 1.29 is 4.42 Å². The number of rotatable bonds is 4. The SMILES string of the molecule is Clc1ccccc1/C=C/C=Nc1ccc2oc(-c3ccccc3Br)nc2c1. The number of nitrogens with zero attached hydrogens (tertiary/aromatic N) is 2. The molecule has 0 N–H and O–H groups in total. The van der Waals surface area contributed by atoms with Gasteiger partial charge in [0.15, 0.2) is 5.58 Å². The van der Waals surface area contributed by atoms with E-state index in [2.05, 4.69) is 25.9 Å². The Morgan fingerprint density at radius 2 is 1.81 bits per heavy atom. The highest BCUT2D eigenvalue weighted by molar-refractivity contribution is 9.10. The van der Waals surface area contributed by atoms with Crippen LogP contribution in [-0.4, -0.2) is 11.2 Å². The Bertz CT molecular complexity index is 1160. The topological polar surface area (TPSA) is 38.4 Å². The Kier molecular flexibility index (Phi) is 5.19. The molecule has 0 bridgehead atoms. The van der Waals surface area contributed by atoms with Crippen LogP contribution in [0.15, 0.2) is 86.7 Å². The smallest absolute Gasteiger partial charge is 0.228 e. The number of benzene rings is 3. The average Bonchev–Trinajstić information content (AvgIpc) is 3.10. The van der Waals surface area contributed by atoms with E-state index in [9.17, 15) is 0 Å². The molecule has 0 fully saturated rings. The van der Waals surface area contributed by atoms with Gasteiger partial charge in [-0.3, -0.25) is 4.99 Å². The minimum Gasteiger partial charge on any atom is -0.436 e. The zero-order chi connectivity index (χ0) is 18.6. The first kappa shape index (κ1) is 17.7. The van der Waals surface area contributed by atoms with Gasteiger partial charge in [-0.25, -0.2) is 4.98 Å². The van der Waals surface area contributed by atoms with E-state index in [-0.39, 0.29) is 0 Å². The summed E-state index contributed by atoms with van der Waals surface area (Å²) < 4.78 is 6.81. The maximum absolute atomic E-state index is 6.13. The summed E-state index contributed by atoms with van der Waals surface area (Å²) in [7, 11) is 0. The molecular formula is C22H14BrClN2O. The first-order valence-corrected chi connectivity index (χ1v) is 9.48. The van der Waals surface area contributed by atoms with Crippen LogP contribution in [-0.2, 0) is 0 Å². The summed E-state index contributed by atoms with van der Waals surface area (Å²) in [6, 6.07) is 21.2. The first-order chi connectivity index (χ1) is 13.2. The number of aromatic nitrogens is 1. The highest BCUT2D eigenvalue weighted by Crippen LogP contribution is 2.31. The van der Waals surface area contributed by atoms with E-state index in [1.54, 1.807) is 6.21 Å². The van der Waals surface area contributed by atoms with Crippen molar-refractivity contribution >= 4 is 56.6 Å². The minimum atomic E-state index is 0.581. The first-order valence-electron chi connectivity index (χ1n) is 8.31. The van der Waals surface area contributed by atoms with E-state index in [0.29, 0.717) is 10.9 Å². The zero-order valence-corrected chi connectivity index (χ0v) is 16.5. The number of fused-ring (bicyclic) bond motifs is 1. The molecule has 27 heavy (non-hydrogen) atoms. The molecular weight excluding hydrogens is 424 g/mol. The van der Waals surface area contributed by atoms with Crippen molar-refractivity contribution in [2.24, 2.45) is 4.99 Å². The van der Waals surface area contributed by atoms with Gasteiger partial charge in [-0.2, -0.15) is 0 Å². The zero-order valence-electron chi connectivity index (χ0n) is 14.1. The van der Waals surface area contributed by atoms with Gasteiger partial charge in [0.25, 0.3) is 0 Å². The molecule has 5 heteroatoms. The van der Waals surface area contributed by atoms with Crippen molar-refractivity contribution in [3.63, 3.8) is 0 Å². The standard InChI is InChI=1S/C22H14BrClN2O/c23-18-9-3-2-8-17(18)22-26-20-14-16(11-12-21(20)27-22)25-13-5-7-15-6-1-4-10-19(15)24/h1-14H/b7-5+,25-13?. The van der Waals surface area contributed by atoms with Gasteiger partial charge in [-0.1, -0.05) is 48.0 Å². The predicted octanol–water partition coefficient (Wildman–Crippen LogP) is 7.33. The lowest BCUT2D eigenvalue weighted by Gasteiger charge is -1.97. The molecule has 0 unspecified atom stereocenters. The number of oxazole rings is 1. The molecule has 0 spiro atoms. The number of hydrogen-bond donors (Lipinski definition) is 0. The van der Waals surface area contributed by atoms with Crippen molar-refractivity contribution in [2.45, 2.75) is 0 Å². The van der Waals surface area contributed by atoms with Gasteiger partial charge in [0.1, 0.15) is 5.52 Å². The minimum absolute atomic E-state index is 0.581. The summed E-state index contributed by atoms with van der Waals surface area (Å²) in [5.41, 5.74) is 4.17. The van der Waals surface area contributed by atoms with Gasteiger partial charge < -0.3 is 4.42 Å². The molecule has 0 aliphatic carbocycles. The van der Waals surface area contributed by atoms with Gasteiger partial charge in [0, 0.05) is 15.7 Å². The van der Waals surface area contributed by atoms with Crippen LogP contribution < -0.4 is 0 Å². The molecule has 0 radical (unpaired) electrons. The molecule has 0 amide bonds. The Morgan fingerprint density at radius 3 is 2.67 bits per heavy atom. The van der Waals surface area contributed by atoms with Gasteiger partial charge in [-0.15, -0.1) is 0 Å². The average molecular weight is 438 g/mol. The monoisotopic (exact) mass is 436 g/mol. The largest absolute Gasteiger partial charge is 0.436 e. The number of halogens is 2. The lowest BCUT2D eigenvalue weighted by atomic mass is 10.2. The third kappa shape index (κ3) is 4.02. The maximum Gasteiger partial charge on any atom is 0.228 e. The molecule has 1 heterocycles. The van der Waals surface area contributed by atoms with Gasteiger partial charge in [-0.05, 0) is 64.0 Å². The molecule has 4 aromatic rings. The second-order valence-corrected chi connectivity index (χ2v) is 7.07. The highest BCUT2D eigenvalue weighted by Gasteiger charge is 2.11. The fourth-order valence-corrected chi connectivity index (χ4v) is 3.29. The fourth-order valence-electron chi connectivity index (χ4n) is 2.63. The van der Waals surface area contributed by atoms with Gasteiger partial charge in [0.2, 0.25) is 5.89 Å². The molecule has 3 aromatic carbocycles. The molecule has 132 valence electrons. The quantitative estimate of drug-likeness (QED) is 0.314. The van der Waals surface area contributed by atoms with Crippen LogP contribution in [0.5, 0.6) is 0 Å². The van der Waals surface area contributed by atoms with Crippen molar-refractivity contribution in [1.82, 2.24) is 4.98 Å². The predicted molar refractivity (Wildman–Crippen MR) is 116 cm³/mol. The van der Waals surface area contributed by atoms with Crippen LogP contribution in [0.2, 0.25) is 5.02 Å². The second kappa shape index (κ2) is 7.91. The molecule has 3 nitrogen and oxygen atoms in total. The van der Waals surface area contributed by atoms with Crippen LogP contribution in [0, 0.1) is 0 Å². The van der Waals surface area contributed by atoms with Crippen molar-refractivity contribution in [3.8, 4) is 11.5 Å². The number of aliphatic imine (C=N–C) groups is 1. The van der Waals surface area contributed by atoms with E-state index in [1.807, 2.05) is 78.9 Å². The Hall–Kier alpha value is -2.69. The maximum atomic E-state index is 6.13. The lowest BCUT2D eigenvalue weighted by Crippen LogP contribution is -1.78. The summed E-state index contributed by atoms with van der Waals surface area (Å²) in [6.07, 6.45) is 5.52. The van der Waals surface area contributed by atoms with Gasteiger partial charge in [0.05, 0.1) is 11.3 Å². The van der Waals surface area contributed by atoms with Crippen molar-refractivity contribution in [2.75, 3.05) is 0 Å². The van der Waals surface area contributed by atoms with Crippen LogP contribution in [0.4, 0.5) is 5.69 Å². The van der Waals surface area contributed by atoms with E-state index in [1.165, 1.54) is 0 Å². The second-order valence-electron chi connectivity index (χ2n) is 5.81. The summed E-state index contributed by atoms with van der Waals surface area (Å²) >= 11 is 9.66. The van der Waals surface area contributed by atoms with Crippen LogP contribution in [0.3, 0.4) is 0 Å². The number of allylic oxidation sites excluding steroid dienone is 1. The van der Waals surface area contributed by atoms with Crippen LogP contribution >= 0.6 is 27.5 Å². The molecule has 0 saturated heterocycles. The molecule has 0 aliphatic rings. The van der Waals surface area contributed by atoms with E-state index >= 15 is 0 Å². The third-order valence-corrected chi connectivity index (χ3v) is 5.00. The Balaban J connectivity index is 1.57. The normalized spacial score (nSPS) is 11.8. The Labute approximate surface area is 170 Å². The fraction of sp³-hybridized carbons (Fsp3) is 0. The van der Waals surface area contributed by atoms with E-state index in [4.69, 9.17) is 16.0 Å². The Morgan fingerprint density at radius 1 is 1.00 bits per heavy atom. The molecule has 1 aromatic heterocycles. The number of hydrogen-bond acceptors (Lipinski definition) is 3. The van der Waals surface area contributed by atoms with Crippen molar-refractivity contribution in [1.29, 1.82) is 0 Å². The summed E-state index contributed by atoms with van der Waals surface area (Å²) in [5.74, 6) is 0.581. The molecule has 4 rings (SSSR count). The summed E-state index contributed by atoms with van der Waals surface area (Å²) in [4.78, 5) is 9.04. The van der Waals surface area contributed by atoms with E-state index in [0.717, 1.165) is 32.4 Å². The van der Waals surface area contributed by atoms with Crippen LogP contribution in [0.25, 0.3) is 28.6 Å². The van der Waals surface area contributed by atoms with E-state index < -0.39 is 0 Å². The highest BCUT2D eigenvalue weighted by atomic mass is 79.9. The summed E-state index contributed by atoms with van der Waals surface area (Å²) in [5, 5.41) is 0.714. The lowest BCUT2D eigenvalue weighted by molar-refractivity contribution is 0.619. The summed E-state index contributed by atoms with van der Waals surface area (Å²) in [6.45, 7) is 0. The molecule has 0 aliphatic heterocycles. The molecule has 0 atom stereocenters. The van der Waals surface area contributed by atoms with Gasteiger partial charge >= 0.3 is 0 Å².